The summed E-state index contributed by atoms with van der Waals surface area (Å²) >= 11 is 0. The van der Waals surface area contributed by atoms with E-state index in [-0.39, 0.29) is 36.1 Å². The Kier molecular flexibility index (Phi) is 6.37. The summed E-state index contributed by atoms with van der Waals surface area (Å²) in [5.74, 6) is 0.227. The molecule has 0 bridgehead atoms. The van der Waals surface area contributed by atoms with Crippen LogP contribution in [0.15, 0.2) is 48.9 Å². The van der Waals surface area contributed by atoms with Crippen LogP contribution in [-0.4, -0.2) is 52.6 Å². The Morgan fingerprint density at radius 3 is 2.77 bits per heavy atom. The number of fused-ring (bicyclic) bond motifs is 1. The van der Waals surface area contributed by atoms with E-state index in [0.29, 0.717) is 17.8 Å². The van der Waals surface area contributed by atoms with Crippen LogP contribution >= 0.6 is 0 Å². The van der Waals surface area contributed by atoms with Crippen molar-refractivity contribution >= 4 is 5.91 Å². The normalized spacial score (nSPS) is 24.9. The fourth-order valence-electron chi connectivity index (χ4n) is 5.61. The Balaban J connectivity index is 1.34. The molecule has 8 nitrogen and oxygen atoms in total. The first-order chi connectivity index (χ1) is 17.0. The number of ether oxygens (including phenoxy) is 2. The molecule has 1 N–H and O–H groups in total. The monoisotopic (exact) mass is 471 g/mol. The van der Waals surface area contributed by atoms with Crippen LogP contribution in [0.5, 0.6) is 0 Å². The fourth-order valence-corrected chi connectivity index (χ4v) is 5.61. The van der Waals surface area contributed by atoms with Gasteiger partial charge in [-0.2, -0.15) is 10.4 Å². The molecule has 180 valence electrons. The van der Waals surface area contributed by atoms with E-state index in [9.17, 15) is 4.79 Å². The molecular weight excluding hydrogens is 442 g/mol. The number of aromatic nitrogens is 3. The van der Waals surface area contributed by atoms with E-state index in [1.165, 1.54) is 5.56 Å². The molecule has 1 aliphatic carbocycles. The number of epoxide rings is 1. The quantitative estimate of drug-likeness (QED) is 0.529. The number of amides is 1. The molecule has 5 unspecified atom stereocenters. The lowest BCUT2D eigenvalue weighted by Gasteiger charge is -2.37. The van der Waals surface area contributed by atoms with E-state index < -0.39 is 0 Å². The van der Waals surface area contributed by atoms with Crippen LogP contribution in [0.1, 0.15) is 51.5 Å². The molecule has 2 fully saturated rings. The zero-order valence-corrected chi connectivity index (χ0v) is 20.1. The van der Waals surface area contributed by atoms with Crippen LogP contribution in [0.4, 0.5) is 0 Å². The molecule has 1 amide bonds. The minimum Gasteiger partial charge on any atom is -0.380 e. The number of aryl methyl sites for hydroxylation is 2. The summed E-state index contributed by atoms with van der Waals surface area (Å²) < 4.78 is 13.9. The van der Waals surface area contributed by atoms with E-state index in [1.54, 1.807) is 42.5 Å². The molecule has 3 heterocycles. The molecule has 1 aromatic carbocycles. The highest BCUT2D eigenvalue weighted by Gasteiger charge is 2.56. The Labute approximate surface area is 204 Å². The summed E-state index contributed by atoms with van der Waals surface area (Å²) in [5, 5.41) is 16.5. The van der Waals surface area contributed by atoms with Crippen LogP contribution in [0, 0.1) is 31.1 Å². The predicted octanol–water partition coefficient (Wildman–Crippen LogP) is 3.46. The second-order valence-corrected chi connectivity index (χ2v) is 9.40. The Morgan fingerprint density at radius 2 is 2.11 bits per heavy atom. The molecule has 5 atom stereocenters. The molecule has 2 aliphatic rings. The number of methoxy groups -OCH3 is 1. The summed E-state index contributed by atoms with van der Waals surface area (Å²) in [6.07, 6.45) is 7.03. The number of hydrogen-bond donors (Lipinski definition) is 1. The molecule has 1 saturated heterocycles. The zero-order chi connectivity index (χ0) is 24.5. The van der Waals surface area contributed by atoms with Gasteiger partial charge in [-0.1, -0.05) is 6.07 Å². The molecule has 0 spiro atoms. The lowest BCUT2D eigenvalue weighted by Crippen LogP contribution is -2.40. The predicted molar refractivity (Wildman–Crippen MR) is 129 cm³/mol. The molecule has 1 saturated carbocycles. The molecule has 5 rings (SSSR count). The maximum absolute atomic E-state index is 12.4. The van der Waals surface area contributed by atoms with E-state index in [1.807, 2.05) is 6.07 Å². The first kappa shape index (κ1) is 23.2. The number of benzene rings is 1. The Bertz CT molecular complexity index is 1240. The summed E-state index contributed by atoms with van der Waals surface area (Å²) in [6.45, 7) is 4.78. The second-order valence-electron chi connectivity index (χ2n) is 9.40. The Morgan fingerprint density at radius 1 is 1.31 bits per heavy atom. The number of carbonyl (C=O) groups excluding carboxylic acids is 1. The highest BCUT2D eigenvalue weighted by atomic mass is 16.6. The maximum atomic E-state index is 12.4. The van der Waals surface area contributed by atoms with Gasteiger partial charge < -0.3 is 14.8 Å². The number of rotatable bonds is 7. The van der Waals surface area contributed by atoms with E-state index in [2.05, 4.69) is 47.4 Å². The lowest BCUT2D eigenvalue weighted by atomic mass is 9.72. The molecular formula is C27H29N5O3. The summed E-state index contributed by atoms with van der Waals surface area (Å²) in [7, 11) is 1.77. The topological polar surface area (TPSA) is 105 Å². The fraction of sp³-hybridized carbons (Fsp3) is 0.407. The van der Waals surface area contributed by atoms with Crippen molar-refractivity contribution in [3.8, 4) is 11.8 Å². The molecule has 35 heavy (non-hydrogen) atoms. The highest BCUT2D eigenvalue weighted by molar-refractivity contribution is 5.92. The van der Waals surface area contributed by atoms with Crippen LogP contribution in [0.3, 0.4) is 0 Å². The van der Waals surface area contributed by atoms with Gasteiger partial charge in [0.15, 0.2) is 0 Å². The van der Waals surface area contributed by atoms with Gasteiger partial charge in [0.25, 0.3) is 5.91 Å². The number of nitrogens with one attached hydrogen (secondary N) is 1. The molecule has 1 aliphatic heterocycles. The zero-order valence-electron chi connectivity index (χ0n) is 20.1. The minimum absolute atomic E-state index is 0.0105. The second kappa shape index (κ2) is 9.61. The van der Waals surface area contributed by atoms with Crippen LogP contribution in [-0.2, 0) is 9.47 Å². The first-order valence-corrected chi connectivity index (χ1v) is 11.9. The molecule has 0 radical (unpaired) electrons. The third-order valence-electron chi connectivity index (χ3n) is 7.19. The summed E-state index contributed by atoms with van der Waals surface area (Å²) in [6, 6.07) is 11.7. The molecule has 3 aromatic rings. The van der Waals surface area contributed by atoms with Gasteiger partial charge in [0.05, 0.1) is 35.8 Å². The standard InChI is InChI=1S/C27H29N5O3/c1-16-10-20(32-15-18(13-28)14-31-32)11-17(2)23(16)24-25(34-3)19(12-22-26(24)35-22)7-9-30-27(33)21-6-4-5-8-29-21/h4-6,8,10-11,14-15,19,22,24-26H,7,9,12H2,1-3H3,(H,30,33). The third kappa shape index (κ3) is 4.57. The number of nitrogens with zero attached hydrogens (tertiary/aromatic N) is 4. The lowest BCUT2D eigenvalue weighted by molar-refractivity contribution is 0.0114. The van der Waals surface area contributed by atoms with Crippen molar-refractivity contribution in [1.29, 1.82) is 5.26 Å². The Hall–Kier alpha value is -3.54. The average molecular weight is 472 g/mol. The highest BCUT2D eigenvalue weighted by Crippen LogP contribution is 2.51. The largest absolute Gasteiger partial charge is 0.380 e. The van der Waals surface area contributed by atoms with Gasteiger partial charge in [-0.05, 0) is 73.6 Å². The van der Waals surface area contributed by atoms with Crippen molar-refractivity contribution in [1.82, 2.24) is 20.1 Å². The smallest absolute Gasteiger partial charge is 0.269 e. The van der Waals surface area contributed by atoms with Crippen LogP contribution in [0.25, 0.3) is 5.69 Å². The minimum atomic E-state index is -0.159. The van der Waals surface area contributed by atoms with Gasteiger partial charge in [0.1, 0.15) is 11.8 Å². The summed E-state index contributed by atoms with van der Waals surface area (Å²) in [4.78, 5) is 16.5. The average Bonchev–Trinajstić information content (AvgIpc) is 3.47. The van der Waals surface area contributed by atoms with Gasteiger partial charge in [-0.15, -0.1) is 0 Å². The number of hydrogen-bond acceptors (Lipinski definition) is 6. The van der Waals surface area contributed by atoms with Gasteiger partial charge >= 0.3 is 0 Å². The van der Waals surface area contributed by atoms with Gasteiger partial charge in [0, 0.05) is 32.0 Å². The van der Waals surface area contributed by atoms with Crippen molar-refractivity contribution in [3.63, 3.8) is 0 Å². The first-order valence-electron chi connectivity index (χ1n) is 11.9. The number of pyridine rings is 1. The molecule has 2 aromatic heterocycles. The van der Waals surface area contributed by atoms with Crippen LogP contribution < -0.4 is 5.32 Å². The maximum Gasteiger partial charge on any atom is 0.269 e. The SMILES string of the molecule is COC1C(CCNC(=O)c2ccccn2)CC2OC2C1c1c(C)cc(-n2cc(C#N)cn2)cc1C. The van der Waals surface area contributed by atoms with Crippen molar-refractivity contribution < 1.29 is 14.3 Å². The number of carbonyl (C=O) groups is 1. The summed E-state index contributed by atoms with van der Waals surface area (Å²) in [5.41, 5.74) is 5.44. The van der Waals surface area contributed by atoms with Crippen molar-refractivity contribution in [2.45, 2.75) is 50.9 Å². The van der Waals surface area contributed by atoms with Crippen molar-refractivity contribution in [3.05, 3.63) is 76.9 Å². The van der Waals surface area contributed by atoms with E-state index in [4.69, 9.17) is 14.7 Å². The van der Waals surface area contributed by atoms with Crippen molar-refractivity contribution in [2.75, 3.05) is 13.7 Å². The molecule has 8 heteroatoms. The van der Waals surface area contributed by atoms with E-state index in [0.717, 1.165) is 29.7 Å². The van der Waals surface area contributed by atoms with Gasteiger partial charge in [-0.25, -0.2) is 4.68 Å². The van der Waals surface area contributed by atoms with Gasteiger partial charge in [0.2, 0.25) is 0 Å². The van der Waals surface area contributed by atoms with Gasteiger partial charge in [-0.3, -0.25) is 9.78 Å². The van der Waals surface area contributed by atoms with Crippen molar-refractivity contribution in [2.24, 2.45) is 5.92 Å². The van der Waals surface area contributed by atoms with E-state index >= 15 is 0 Å². The number of nitriles is 1. The third-order valence-corrected chi connectivity index (χ3v) is 7.19. The van der Waals surface area contributed by atoms with Crippen LogP contribution in [0.2, 0.25) is 0 Å².